The number of nitriles is 1. The molecule has 1 N–H and O–H groups in total. The summed E-state index contributed by atoms with van der Waals surface area (Å²) < 4.78 is 0. The van der Waals surface area contributed by atoms with Crippen LogP contribution >= 0.6 is 0 Å². The Labute approximate surface area is 99.3 Å². The van der Waals surface area contributed by atoms with Gasteiger partial charge in [-0.3, -0.25) is 4.79 Å². The second-order valence-electron chi connectivity index (χ2n) is 3.82. The van der Waals surface area contributed by atoms with Gasteiger partial charge in [-0.1, -0.05) is 0 Å². The van der Waals surface area contributed by atoms with Gasteiger partial charge in [-0.25, -0.2) is 9.97 Å². The Morgan fingerprint density at radius 3 is 3.00 bits per heavy atom. The van der Waals surface area contributed by atoms with Gasteiger partial charge in [0.2, 0.25) is 11.9 Å². The summed E-state index contributed by atoms with van der Waals surface area (Å²) in [5.41, 5.74) is 0.288. The fraction of sp³-hybridized carbons (Fsp3) is 0.455. The minimum absolute atomic E-state index is 0.0495. The zero-order valence-corrected chi connectivity index (χ0v) is 9.39. The minimum atomic E-state index is 0.0495. The first-order valence-corrected chi connectivity index (χ1v) is 5.54. The summed E-state index contributed by atoms with van der Waals surface area (Å²) in [6.45, 7) is 1.84. The normalized spacial score (nSPS) is 14.4. The number of rotatable bonds is 3. The zero-order valence-electron chi connectivity index (χ0n) is 9.39. The Kier molecular flexibility index (Phi) is 3.50. The molecule has 0 bridgehead atoms. The lowest BCUT2D eigenvalue weighted by Gasteiger charge is -2.15. The first-order valence-electron chi connectivity index (χ1n) is 5.54. The van der Waals surface area contributed by atoms with E-state index in [1.807, 2.05) is 11.0 Å². The number of nitrogens with one attached hydrogen (secondary N) is 1. The lowest BCUT2D eigenvalue weighted by atomic mass is 10.4. The molecule has 0 unspecified atom stereocenters. The largest absolute Gasteiger partial charge is 0.345 e. The number of nitrogens with zero attached hydrogens (tertiary/aromatic N) is 4. The number of hydrogen-bond acceptors (Lipinski definition) is 5. The van der Waals surface area contributed by atoms with Crippen molar-refractivity contribution in [1.29, 1.82) is 5.26 Å². The van der Waals surface area contributed by atoms with E-state index in [0.717, 1.165) is 25.9 Å². The molecule has 17 heavy (non-hydrogen) atoms. The van der Waals surface area contributed by atoms with E-state index in [2.05, 4.69) is 15.3 Å². The van der Waals surface area contributed by atoms with Crippen molar-refractivity contribution in [2.75, 3.05) is 25.0 Å². The molecule has 0 saturated carbocycles. The van der Waals surface area contributed by atoms with E-state index in [1.165, 1.54) is 12.3 Å². The van der Waals surface area contributed by atoms with E-state index in [9.17, 15) is 4.79 Å². The van der Waals surface area contributed by atoms with Crippen LogP contribution in [-0.4, -0.2) is 40.4 Å². The Balaban J connectivity index is 1.88. The van der Waals surface area contributed by atoms with Crippen molar-refractivity contribution in [3.8, 4) is 6.07 Å². The van der Waals surface area contributed by atoms with Crippen LogP contribution in [0.15, 0.2) is 12.3 Å². The van der Waals surface area contributed by atoms with Crippen LogP contribution < -0.4 is 5.32 Å². The number of anilines is 1. The number of amides is 1. The molecular formula is C11H13N5O. The molecule has 2 heterocycles. The second kappa shape index (κ2) is 5.25. The predicted molar refractivity (Wildman–Crippen MR) is 61.1 cm³/mol. The van der Waals surface area contributed by atoms with E-state index in [4.69, 9.17) is 5.26 Å². The first kappa shape index (κ1) is 11.3. The number of carbonyl (C=O) groups excluding carboxylic acids is 1. The van der Waals surface area contributed by atoms with Crippen molar-refractivity contribution >= 4 is 11.9 Å². The number of carbonyl (C=O) groups is 1. The maximum atomic E-state index is 11.7. The van der Waals surface area contributed by atoms with Gasteiger partial charge in [0.05, 0.1) is 6.54 Å². The molecule has 6 nitrogen and oxygen atoms in total. The quantitative estimate of drug-likeness (QED) is 0.813. The summed E-state index contributed by atoms with van der Waals surface area (Å²) in [6, 6.07) is 3.44. The molecule has 1 fully saturated rings. The molecule has 1 amide bonds. The highest BCUT2D eigenvalue weighted by Gasteiger charge is 2.17. The summed E-state index contributed by atoms with van der Waals surface area (Å²) in [7, 11) is 0. The third-order valence-corrected chi connectivity index (χ3v) is 2.63. The van der Waals surface area contributed by atoms with Gasteiger partial charge in [0.1, 0.15) is 11.8 Å². The summed E-state index contributed by atoms with van der Waals surface area (Å²) in [6.07, 6.45) is 3.65. The molecule has 0 radical (unpaired) electrons. The van der Waals surface area contributed by atoms with Crippen LogP contribution in [-0.2, 0) is 4.79 Å². The average Bonchev–Trinajstić information content (AvgIpc) is 2.90. The highest BCUT2D eigenvalue weighted by molar-refractivity contribution is 5.80. The molecular weight excluding hydrogens is 218 g/mol. The molecule has 0 aromatic carbocycles. The fourth-order valence-corrected chi connectivity index (χ4v) is 1.74. The highest BCUT2D eigenvalue weighted by Crippen LogP contribution is 2.07. The van der Waals surface area contributed by atoms with Gasteiger partial charge >= 0.3 is 0 Å². The molecule has 1 aliphatic heterocycles. The van der Waals surface area contributed by atoms with Crippen LogP contribution in [0.1, 0.15) is 18.5 Å². The van der Waals surface area contributed by atoms with Crippen molar-refractivity contribution in [1.82, 2.24) is 14.9 Å². The molecule has 0 aliphatic carbocycles. The first-order chi connectivity index (χ1) is 8.29. The van der Waals surface area contributed by atoms with Crippen LogP contribution in [0.4, 0.5) is 5.95 Å². The molecule has 1 aliphatic rings. The standard InChI is InChI=1S/C11H13N5O/c12-7-9-3-4-13-11(15-9)14-8-10(17)16-5-1-2-6-16/h3-4H,1-2,5-6,8H2,(H,13,14,15). The monoisotopic (exact) mass is 231 g/mol. The second-order valence-corrected chi connectivity index (χ2v) is 3.82. The molecule has 0 atom stereocenters. The van der Waals surface area contributed by atoms with Crippen LogP contribution in [0.25, 0.3) is 0 Å². The Bertz CT molecular complexity index is 447. The van der Waals surface area contributed by atoms with Crippen molar-refractivity contribution in [3.63, 3.8) is 0 Å². The highest BCUT2D eigenvalue weighted by atomic mass is 16.2. The SMILES string of the molecule is N#Cc1ccnc(NCC(=O)N2CCCC2)n1. The molecule has 0 spiro atoms. The van der Waals surface area contributed by atoms with E-state index in [-0.39, 0.29) is 18.1 Å². The third-order valence-electron chi connectivity index (χ3n) is 2.63. The maximum Gasteiger partial charge on any atom is 0.241 e. The number of aromatic nitrogens is 2. The van der Waals surface area contributed by atoms with Crippen molar-refractivity contribution in [3.05, 3.63) is 18.0 Å². The van der Waals surface area contributed by atoms with E-state index in [0.29, 0.717) is 5.95 Å². The summed E-state index contributed by atoms with van der Waals surface area (Å²) in [5.74, 6) is 0.366. The van der Waals surface area contributed by atoms with Gasteiger partial charge in [-0.05, 0) is 18.9 Å². The van der Waals surface area contributed by atoms with Gasteiger partial charge in [0.15, 0.2) is 0 Å². The third kappa shape index (κ3) is 2.91. The van der Waals surface area contributed by atoms with E-state index < -0.39 is 0 Å². The molecule has 1 saturated heterocycles. The molecule has 1 aromatic rings. The van der Waals surface area contributed by atoms with Gasteiger partial charge < -0.3 is 10.2 Å². The minimum Gasteiger partial charge on any atom is -0.345 e. The van der Waals surface area contributed by atoms with Crippen LogP contribution in [0.3, 0.4) is 0 Å². The van der Waals surface area contributed by atoms with Gasteiger partial charge in [0, 0.05) is 19.3 Å². The van der Waals surface area contributed by atoms with Crippen molar-refractivity contribution < 1.29 is 4.79 Å². The lowest BCUT2D eigenvalue weighted by molar-refractivity contribution is -0.128. The molecule has 2 rings (SSSR count). The van der Waals surface area contributed by atoms with Gasteiger partial charge in [0.25, 0.3) is 0 Å². The summed E-state index contributed by atoms with van der Waals surface area (Å²) in [4.78, 5) is 21.4. The Hall–Kier alpha value is -2.16. The maximum absolute atomic E-state index is 11.7. The lowest BCUT2D eigenvalue weighted by Crippen LogP contribution is -2.33. The summed E-state index contributed by atoms with van der Waals surface area (Å²) in [5, 5.41) is 11.5. The Morgan fingerprint density at radius 1 is 1.53 bits per heavy atom. The fourth-order valence-electron chi connectivity index (χ4n) is 1.74. The van der Waals surface area contributed by atoms with Gasteiger partial charge in [-0.15, -0.1) is 0 Å². The zero-order chi connectivity index (χ0) is 12.1. The Morgan fingerprint density at radius 2 is 2.29 bits per heavy atom. The van der Waals surface area contributed by atoms with Crippen molar-refractivity contribution in [2.45, 2.75) is 12.8 Å². The van der Waals surface area contributed by atoms with E-state index in [1.54, 1.807) is 0 Å². The van der Waals surface area contributed by atoms with Crippen LogP contribution in [0.5, 0.6) is 0 Å². The molecule has 88 valence electrons. The van der Waals surface area contributed by atoms with Crippen molar-refractivity contribution in [2.24, 2.45) is 0 Å². The van der Waals surface area contributed by atoms with Crippen LogP contribution in [0.2, 0.25) is 0 Å². The van der Waals surface area contributed by atoms with Crippen LogP contribution in [0, 0.1) is 11.3 Å². The number of hydrogen-bond donors (Lipinski definition) is 1. The smallest absolute Gasteiger partial charge is 0.241 e. The van der Waals surface area contributed by atoms with Gasteiger partial charge in [-0.2, -0.15) is 5.26 Å². The molecule has 6 heteroatoms. The number of likely N-dealkylation sites (tertiary alicyclic amines) is 1. The van der Waals surface area contributed by atoms with E-state index >= 15 is 0 Å². The average molecular weight is 231 g/mol. The topological polar surface area (TPSA) is 81.9 Å². The predicted octanol–water partition coefficient (Wildman–Crippen LogP) is 0.383. The summed E-state index contributed by atoms with van der Waals surface area (Å²) >= 11 is 0. The molecule has 1 aromatic heterocycles.